The number of nitrogens with zero attached hydrogens (tertiary/aromatic N) is 4. The summed E-state index contributed by atoms with van der Waals surface area (Å²) in [5.74, 6) is 0.784. The molecule has 1 saturated carbocycles. The summed E-state index contributed by atoms with van der Waals surface area (Å²) in [4.78, 5) is 13.2. The van der Waals surface area contributed by atoms with Crippen LogP contribution in [0.25, 0.3) is 0 Å². The van der Waals surface area contributed by atoms with Crippen LogP contribution >= 0.6 is 11.8 Å². The van der Waals surface area contributed by atoms with Crippen molar-refractivity contribution in [2.24, 2.45) is 0 Å². The molecule has 1 aliphatic carbocycles. The Kier molecular flexibility index (Phi) is 6.05. The van der Waals surface area contributed by atoms with E-state index >= 15 is 0 Å². The van der Waals surface area contributed by atoms with Crippen LogP contribution < -0.4 is 0 Å². The number of hydrogen-bond acceptors (Lipinski definition) is 5. The fourth-order valence-electron chi connectivity index (χ4n) is 2.37. The van der Waals surface area contributed by atoms with E-state index in [9.17, 15) is 4.79 Å². The molecule has 0 spiro atoms. The molecule has 0 saturated heterocycles. The maximum Gasteiger partial charge on any atom is 0.313 e. The zero-order chi connectivity index (χ0) is 15.2. The molecule has 0 atom stereocenters. The van der Waals surface area contributed by atoms with Gasteiger partial charge in [-0.3, -0.25) is 4.79 Å². The van der Waals surface area contributed by atoms with E-state index in [0.29, 0.717) is 5.92 Å². The summed E-state index contributed by atoms with van der Waals surface area (Å²) in [6, 6.07) is 0. The Morgan fingerprint density at radius 3 is 2.71 bits per heavy atom. The van der Waals surface area contributed by atoms with Gasteiger partial charge in [0.15, 0.2) is 5.16 Å². The van der Waals surface area contributed by atoms with Gasteiger partial charge in [0, 0.05) is 19.0 Å². The number of carbonyl (C=O) groups is 1. The van der Waals surface area contributed by atoms with Gasteiger partial charge in [-0.1, -0.05) is 25.6 Å². The zero-order valence-electron chi connectivity index (χ0n) is 12.8. The van der Waals surface area contributed by atoms with Gasteiger partial charge in [-0.25, -0.2) is 0 Å². The molecule has 0 unspecified atom stereocenters. The molecule has 118 valence electrons. The topological polar surface area (TPSA) is 71.2 Å². The minimum atomic E-state index is -0.816. The van der Waals surface area contributed by atoms with E-state index in [4.69, 9.17) is 5.11 Å². The zero-order valence-corrected chi connectivity index (χ0v) is 13.6. The number of aliphatic carboxylic acids is 1. The number of hydrogen-bond donors (Lipinski definition) is 1. The van der Waals surface area contributed by atoms with Gasteiger partial charge < -0.3 is 14.6 Å². The van der Waals surface area contributed by atoms with Crippen molar-refractivity contribution < 1.29 is 9.90 Å². The van der Waals surface area contributed by atoms with Crippen molar-refractivity contribution in [3.8, 4) is 0 Å². The van der Waals surface area contributed by atoms with Crippen LogP contribution in [-0.4, -0.2) is 56.1 Å². The summed E-state index contributed by atoms with van der Waals surface area (Å²) < 4.78 is 2.13. The lowest BCUT2D eigenvalue weighted by Gasteiger charge is -2.20. The Morgan fingerprint density at radius 1 is 1.38 bits per heavy atom. The molecule has 21 heavy (non-hydrogen) atoms. The van der Waals surface area contributed by atoms with Crippen LogP contribution in [0.5, 0.6) is 0 Å². The molecule has 1 heterocycles. The Hall–Kier alpha value is -1.08. The monoisotopic (exact) mass is 312 g/mol. The molecule has 0 aromatic carbocycles. The van der Waals surface area contributed by atoms with Gasteiger partial charge in [0.25, 0.3) is 0 Å². The van der Waals surface area contributed by atoms with Crippen LogP contribution in [-0.2, 0) is 11.3 Å². The SMILES string of the molecule is CCCN(CC)CCn1c(SCC(=O)O)nnc1C1CC1. The van der Waals surface area contributed by atoms with Gasteiger partial charge in [-0.15, -0.1) is 10.2 Å². The minimum absolute atomic E-state index is 0.0370. The summed E-state index contributed by atoms with van der Waals surface area (Å²) in [7, 11) is 0. The van der Waals surface area contributed by atoms with Gasteiger partial charge in [0.05, 0.1) is 5.75 Å². The van der Waals surface area contributed by atoms with E-state index in [1.54, 1.807) is 0 Å². The summed E-state index contributed by atoms with van der Waals surface area (Å²) in [6.45, 7) is 8.29. The van der Waals surface area contributed by atoms with Gasteiger partial charge in [0.2, 0.25) is 0 Å². The van der Waals surface area contributed by atoms with Crippen LogP contribution in [0.4, 0.5) is 0 Å². The third kappa shape index (κ3) is 4.71. The molecule has 1 aromatic rings. The first-order valence-corrected chi connectivity index (χ1v) is 8.64. The molecule has 6 nitrogen and oxygen atoms in total. The van der Waals surface area contributed by atoms with Gasteiger partial charge >= 0.3 is 5.97 Å². The van der Waals surface area contributed by atoms with Crippen LogP contribution in [0.3, 0.4) is 0 Å². The van der Waals surface area contributed by atoms with Crippen LogP contribution in [0.1, 0.15) is 44.9 Å². The Morgan fingerprint density at radius 2 is 2.14 bits per heavy atom. The maximum absolute atomic E-state index is 10.7. The molecule has 0 radical (unpaired) electrons. The number of likely N-dealkylation sites (N-methyl/N-ethyl adjacent to an activating group) is 1. The molecule has 1 fully saturated rings. The van der Waals surface area contributed by atoms with Crippen LogP contribution in [0.15, 0.2) is 5.16 Å². The fraction of sp³-hybridized carbons (Fsp3) is 0.786. The second-order valence-corrected chi connectivity index (χ2v) is 6.33. The summed E-state index contributed by atoms with van der Waals surface area (Å²) in [5.41, 5.74) is 0. The van der Waals surface area contributed by atoms with Crippen molar-refractivity contribution in [1.82, 2.24) is 19.7 Å². The van der Waals surface area contributed by atoms with Crippen molar-refractivity contribution in [2.45, 2.75) is 50.7 Å². The van der Waals surface area contributed by atoms with E-state index < -0.39 is 5.97 Å². The van der Waals surface area contributed by atoms with Gasteiger partial charge in [-0.05, 0) is 32.4 Å². The number of rotatable bonds is 10. The average molecular weight is 312 g/mol. The molecule has 1 N–H and O–H groups in total. The van der Waals surface area contributed by atoms with E-state index in [-0.39, 0.29) is 5.75 Å². The quantitative estimate of drug-likeness (QED) is 0.667. The Labute approximate surface area is 129 Å². The first-order valence-electron chi connectivity index (χ1n) is 7.65. The highest BCUT2D eigenvalue weighted by Gasteiger charge is 2.30. The lowest BCUT2D eigenvalue weighted by molar-refractivity contribution is -0.133. The highest BCUT2D eigenvalue weighted by Crippen LogP contribution is 2.40. The molecule has 7 heteroatoms. The van der Waals surface area contributed by atoms with Crippen molar-refractivity contribution in [2.75, 3.05) is 25.4 Å². The van der Waals surface area contributed by atoms with Crippen LogP contribution in [0.2, 0.25) is 0 Å². The fourth-order valence-corrected chi connectivity index (χ4v) is 3.06. The maximum atomic E-state index is 10.7. The molecule has 0 amide bonds. The summed E-state index contributed by atoms with van der Waals surface area (Å²) in [6.07, 6.45) is 3.49. The lowest BCUT2D eigenvalue weighted by atomic mass is 10.3. The number of carboxylic acid groups (broad SMARTS) is 1. The minimum Gasteiger partial charge on any atom is -0.481 e. The van der Waals surface area contributed by atoms with Gasteiger partial charge in [0.1, 0.15) is 5.82 Å². The first kappa shape index (κ1) is 16.3. The molecule has 1 aromatic heterocycles. The highest BCUT2D eigenvalue weighted by molar-refractivity contribution is 7.99. The smallest absolute Gasteiger partial charge is 0.313 e. The predicted molar refractivity (Wildman–Crippen MR) is 82.8 cm³/mol. The second-order valence-electron chi connectivity index (χ2n) is 5.38. The van der Waals surface area contributed by atoms with Crippen molar-refractivity contribution >= 4 is 17.7 Å². The molecule has 0 bridgehead atoms. The highest BCUT2D eigenvalue weighted by atomic mass is 32.2. The Bertz CT molecular complexity index is 474. The summed E-state index contributed by atoms with van der Waals surface area (Å²) >= 11 is 1.27. The Balaban J connectivity index is 2.03. The van der Waals surface area contributed by atoms with Crippen molar-refractivity contribution in [1.29, 1.82) is 0 Å². The van der Waals surface area contributed by atoms with E-state index in [1.165, 1.54) is 24.6 Å². The van der Waals surface area contributed by atoms with Crippen molar-refractivity contribution in [3.63, 3.8) is 0 Å². The lowest BCUT2D eigenvalue weighted by Crippen LogP contribution is -2.28. The van der Waals surface area contributed by atoms with E-state index in [1.807, 2.05) is 0 Å². The van der Waals surface area contributed by atoms with Gasteiger partial charge in [-0.2, -0.15) is 0 Å². The van der Waals surface area contributed by atoms with E-state index in [2.05, 4.69) is 33.5 Å². The normalized spacial score (nSPS) is 14.8. The standard InChI is InChI=1S/C14H24N4O2S/c1-3-7-17(4-2)8-9-18-13(11-5-6-11)15-16-14(18)21-10-12(19)20/h11H,3-10H2,1-2H3,(H,19,20). The van der Waals surface area contributed by atoms with Crippen LogP contribution in [0, 0.1) is 0 Å². The van der Waals surface area contributed by atoms with Crippen molar-refractivity contribution in [3.05, 3.63) is 5.82 Å². The number of aromatic nitrogens is 3. The first-order chi connectivity index (χ1) is 10.2. The third-order valence-electron chi connectivity index (χ3n) is 3.64. The third-order valence-corrected chi connectivity index (χ3v) is 4.59. The largest absolute Gasteiger partial charge is 0.481 e. The number of thioether (sulfide) groups is 1. The van der Waals surface area contributed by atoms with E-state index in [0.717, 1.165) is 43.6 Å². The summed E-state index contributed by atoms with van der Waals surface area (Å²) in [5, 5.41) is 18.1. The molecule has 1 aliphatic rings. The predicted octanol–water partition coefficient (Wildman–Crippen LogP) is 2.06. The average Bonchev–Trinajstić information content (AvgIpc) is 3.22. The molecular weight excluding hydrogens is 288 g/mol. The molecule has 2 rings (SSSR count). The number of carboxylic acids is 1. The molecule has 0 aliphatic heterocycles. The second kappa shape index (κ2) is 7.79. The molecular formula is C14H24N4O2S.